The zero-order valence-corrected chi connectivity index (χ0v) is 12.1. The molecule has 110 valence electrons. The number of carbonyl (C=O) groups excluding carboxylic acids is 1. The molecular weight excluding hydrogens is 264 g/mol. The fourth-order valence-corrected chi connectivity index (χ4v) is 1.97. The molecule has 1 amide bonds. The van der Waals surface area contributed by atoms with Gasteiger partial charge in [0, 0.05) is 7.05 Å². The first-order valence-electron chi connectivity index (χ1n) is 6.92. The Morgan fingerprint density at radius 2 is 1.67 bits per heavy atom. The molecule has 0 unspecified atom stereocenters. The van der Waals surface area contributed by atoms with Gasteiger partial charge < -0.3 is 15.4 Å². The molecular formula is C17H20N2O2. The molecule has 0 aliphatic heterocycles. The Balaban J connectivity index is 1.82. The molecule has 2 aromatic carbocycles. The molecule has 0 fully saturated rings. The zero-order valence-electron chi connectivity index (χ0n) is 12.1. The van der Waals surface area contributed by atoms with E-state index in [1.807, 2.05) is 60.7 Å². The van der Waals surface area contributed by atoms with Crippen LogP contribution in [0.25, 0.3) is 0 Å². The van der Waals surface area contributed by atoms with E-state index >= 15 is 0 Å². The number of hydrogen-bond acceptors (Lipinski definition) is 3. The van der Waals surface area contributed by atoms with Crippen molar-refractivity contribution in [2.45, 2.75) is 6.04 Å². The summed E-state index contributed by atoms with van der Waals surface area (Å²) in [4.78, 5) is 13.8. The molecule has 0 saturated heterocycles. The molecule has 4 heteroatoms. The second kappa shape index (κ2) is 7.45. The number of likely N-dealkylation sites (N-methyl/N-ethyl adjacent to an activating group) is 1. The number of nitrogens with two attached hydrogens (primary N) is 1. The van der Waals surface area contributed by atoms with E-state index in [-0.39, 0.29) is 5.91 Å². The van der Waals surface area contributed by atoms with Crippen molar-refractivity contribution in [3.05, 3.63) is 66.2 Å². The van der Waals surface area contributed by atoms with Crippen molar-refractivity contribution in [3.63, 3.8) is 0 Å². The maximum Gasteiger partial charge on any atom is 0.243 e. The van der Waals surface area contributed by atoms with Gasteiger partial charge in [-0.1, -0.05) is 48.5 Å². The predicted molar refractivity (Wildman–Crippen MR) is 82.9 cm³/mol. The molecule has 21 heavy (non-hydrogen) atoms. The molecule has 2 N–H and O–H groups in total. The van der Waals surface area contributed by atoms with Gasteiger partial charge in [-0.15, -0.1) is 0 Å². The van der Waals surface area contributed by atoms with Gasteiger partial charge in [0.1, 0.15) is 18.4 Å². The van der Waals surface area contributed by atoms with Gasteiger partial charge in [0.15, 0.2) is 0 Å². The zero-order chi connectivity index (χ0) is 15.1. The quantitative estimate of drug-likeness (QED) is 0.885. The third kappa shape index (κ3) is 4.33. The van der Waals surface area contributed by atoms with E-state index in [1.54, 1.807) is 11.9 Å². The van der Waals surface area contributed by atoms with Gasteiger partial charge in [0.25, 0.3) is 0 Å². The molecule has 4 nitrogen and oxygen atoms in total. The smallest absolute Gasteiger partial charge is 0.243 e. The van der Waals surface area contributed by atoms with Crippen LogP contribution in [0.5, 0.6) is 5.75 Å². The van der Waals surface area contributed by atoms with Gasteiger partial charge in [-0.25, -0.2) is 0 Å². The Morgan fingerprint density at radius 3 is 2.29 bits per heavy atom. The van der Waals surface area contributed by atoms with Crippen LogP contribution >= 0.6 is 0 Å². The summed E-state index contributed by atoms with van der Waals surface area (Å²) in [5, 5.41) is 0. The topological polar surface area (TPSA) is 55.6 Å². The summed E-state index contributed by atoms with van der Waals surface area (Å²) in [5.74, 6) is 0.684. The number of nitrogens with zero attached hydrogens (tertiary/aromatic N) is 1. The summed E-state index contributed by atoms with van der Waals surface area (Å²) in [5.41, 5.74) is 6.81. The molecule has 0 bridgehead atoms. The summed E-state index contributed by atoms with van der Waals surface area (Å²) in [6, 6.07) is 18.3. The first kappa shape index (κ1) is 15.1. The maximum atomic E-state index is 12.2. The minimum absolute atomic E-state index is 0.113. The average Bonchev–Trinajstić information content (AvgIpc) is 2.55. The molecule has 2 aromatic rings. The highest BCUT2D eigenvalue weighted by Gasteiger charge is 2.19. The maximum absolute atomic E-state index is 12.2. The number of rotatable bonds is 6. The van der Waals surface area contributed by atoms with Gasteiger partial charge >= 0.3 is 0 Å². The van der Waals surface area contributed by atoms with Crippen LogP contribution in [0.15, 0.2) is 60.7 Å². The van der Waals surface area contributed by atoms with Crippen molar-refractivity contribution in [1.29, 1.82) is 0 Å². The highest BCUT2D eigenvalue weighted by molar-refractivity contribution is 5.82. The third-order valence-corrected chi connectivity index (χ3v) is 3.24. The SMILES string of the molecule is CN(CCOc1ccccc1)C(=O)[C@@H](N)c1ccccc1. The first-order valence-corrected chi connectivity index (χ1v) is 6.92. The minimum Gasteiger partial charge on any atom is -0.492 e. The van der Waals surface area contributed by atoms with Gasteiger partial charge in [-0.05, 0) is 17.7 Å². The van der Waals surface area contributed by atoms with E-state index in [0.717, 1.165) is 11.3 Å². The van der Waals surface area contributed by atoms with E-state index in [9.17, 15) is 4.79 Å². The van der Waals surface area contributed by atoms with Crippen LogP contribution in [0.4, 0.5) is 0 Å². The number of benzene rings is 2. The normalized spacial score (nSPS) is 11.7. The van der Waals surface area contributed by atoms with Crippen molar-refractivity contribution in [2.75, 3.05) is 20.2 Å². The lowest BCUT2D eigenvalue weighted by molar-refractivity contribution is -0.131. The van der Waals surface area contributed by atoms with Crippen molar-refractivity contribution in [2.24, 2.45) is 5.73 Å². The Morgan fingerprint density at radius 1 is 1.10 bits per heavy atom. The van der Waals surface area contributed by atoms with E-state index in [0.29, 0.717) is 13.2 Å². The Labute approximate surface area is 125 Å². The molecule has 2 rings (SSSR count). The molecule has 0 heterocycles. The molecule has 0 aliphatic rings. The number of carbonyl (C=O) groups is 1. The van der Waals surface area contributed by atoms with Crippen LogP contribution in [0, 0.1) is 0 Å². The van der Waals surface area contributed by atoms with E-state index in [4.69, 9.17) is 10.5 Å². The standard InChI is InChI=1S/C17H20N2O2/c1-19(12-13-21-15-10-6-3-7-11-15)17(20)16(18)14-8-4-2-5-9-14/h2-11,16H,12-13,18H2,1H3/t16-/m0/s1. The van der Waals surface area contributed by atoms with E-state index in [2.05, 4.69) is 0 Å². The first-order chi connectivity index (χ1) is 10.2. The average molecular weight is 284 g/mol. The lowest BCUT2D eigenvalue weighted by atomic mass is 10.1. The molecule has 0 spiro atoms. The highest BCUT2D eigenvalue weighted by Crippen LogP contribution is 2.12. The minimum atomic E-state index is -0.632. The van der Waals surface area contributed by atoms with Gasteiger partial charge in [-0.3, -0.25) is 4.79 Å². The summed E-state index contributed by atoms with van der Waals surface area (Å²) in [6.07, 6.45) is 0. The Kier molecular flexibility index (Phi) is 5.35. The Bertz CT molecular complexity index is 558. The third-order valence-electron chi connectivity index (χ3n) is 3.24. The molecule has 0 aliphatic carbocycles. The van der Waals surface area contributed by atoms with Crippen LogP contribution in [-0.4, -0.2) is 31.0 Å². The van der Waals surface area contributed by atoms with Crippen molar-refractivity contribution < 1.29 is 9.53 Å². The van der Waals surface area contributed by atoms with Crippen molar-refractivity contribution in [1.82, 2.24) is 4.90 Å². The van der Waals surface area contributed by atoms with Crippen LogP contribution in [0.1, 0.15) is 11.6 Å². The summed E-state index contributed by atoms with van der Waals surface area (Å²) in [7, 11) is 1.74. The molecule has 1 atom stereocenters. The largest absolute Gasteiger partial charge is 0.492 e. The van der Waals surface area contributed by atoms with Crippen LogP contribution in [0.3, 0.4) is 0 Å². The van der Waals surface area contributed by atoms with Crippen molar-refractivity contribution >= 4 is 5.91 Å². The second-order valence-electron chi connectivity index (χ2n) is 4.81. The Hall–Kier alpha value is -2.33. The van der Waals surface area contributed by atoms with Crippen LogP contribution < -0.4 is 10.5 Å². The molecule has 0 radical (unpaired) electrons. The highest BCUT2D eigenvalue weighted by atomic mass is 16.5. The van der Waals surface area contributed by atoms with Gasteiger partial charge in [-0.2, -0.15) is 0 Å². The van der Waals surface area contributed by atoms with E-state index in [1.165, 1.54) is 0 Å². The van der Waals surface area contributed by atoms with Crippen LogP contribution in [-0.2, 0) is 4.79 Å². The number of hydrogen-bond donors (Lipinski definition) is 1. The molecule has 0 saturated carbocycles. The summed E-state index contributed by atoms with van der Waals surface area (Å²) < 4.78 is 5.58. The van der Waals surface area contributed by atoms with Gasteiger partial charge in [0.2, 0.25) is 5.91 Å². The lowest BCUT2D eigenvalue weighted by Gasteiger charge is -2.21. The molecule has 0 aromatic heterocycles. The van der Waals surface area contributed by atoms with Crippen LogP contribution in [0.2, 0.25) is 0 Å². The number of para-hydroxylation sites is 1. The fourth-order valence-electron chi connectivity index (χ4n) is 1.97. The summed E-state index contributed by atoms with van der Waals surface area (Å²) in [6.45, 7) is 0.933. The predicted octanol–water partition coefficient (Wildman–Crippen LogP) is 2.22. The fraction of sp³-hybridized carbons (Fsp3) is 0.235. The monoisotopic (exact) mass is 284 g/mol. The summed E-state index contributed by atoms with van der Waals surface area (Å²) >= 11 is 0. The van der Waals surface area contributed by atoms with Gasteiger partial charge in [0.05, 0.1) is 6.54 Å². The number of ether oxygens (including phenoxy) is 1. The van der Waals surface area contributed by atoms with E-state index < -0.39 is 6.04 Å². The lowest BCUT2D eigenvalue weighted by Crippen LogP contribution is -2.38. The second-order valence-corrected chi connectivity index (χ2v) is 4.81. The van der Waals surface area contributed by atoms with Crippen molar-refractivity contribution in [3.8, 4) is 5.75 Å². The number of amides is 1.